The van der Waals surface area contributed by atoms with Gasteiger partial charge in [-0.25, -0.2) is 5.01 Å². The van der Waals surface area contributed by atoms with Crippen LogP contribution in [-0.2, 0) is 4.79 Å². The van der Waals surface area contributed by atoms with Gasteiger partial charge in [0.2, 0.25) is 0 Å². The van der Waals surface area contributed by atoms with Gasteiger partial charge < -0.3 is 14.6 Å². The summed E-state index contributed by atoms with van der Waals surface area (Å²) < 4.78 is 10.8. The average Bonchev–Trinajstić information content (AvgIpc) is 3.28. The van der Waals surface area contributed by atoms with Crippen LogP contribution in [0.25, 0.3) is 6.08 Å². The van der Waals surface area contributed by atoms with Crippen LogP contribution >= 0.6 is 0 Å². The van der Waals surface area contributed by atoms with E-state index in [9.17, 15) is 9.90 Å². The van der Waals surface area contributed by atoms with E-state index in [1.807, 2.05) is 54.6 Å². The number of hydrogen-bond acceptors (Lipinski definition) is 5. The van der Waals surface area contributed by atoms with Gasteiger partial charge in [0.1, 0.15) is 5.75 Å². The van der Waals surface area contributed by atoms with Crippen LogP contribution in [0.15, 0.2) is 84.0 Å². The van der Waals surface area contributed by atoms with E-state index < -0.39 is 0 Å². The molecule has 0 fully saturated rings. The minimum atomic E-state index is -0.350. The van der Waals surface area contributed by atoms with Crippen LogP contribution in [0.3, 0.4) is 0 Å². The summed E-state index contributed by atoms with van der Waals surface area (Å²) >= 11 is 0. The lowest BCUT2D eigenvalue weighted by molar-refractivity contribution is -0.127. The fourth-order valence-electron chi connectivity index (χ4n) is 3.72. The molecule has 0 saturated carbocycles. The smallest absolute Gasteiger partial charge is 0.267 e. The summed E-state index contributed by atoms with van der Waals surface area (Å²) in [4.78, 5) is 13.2. The number of hydrazone groups is 1. The topological polar surface area (TPSA) is 71.4 Å². The number of methoxy groups -OCH3 is 2. The van der Waals surface area contributed by atoms with Gasteiger partial charge >= 0.3 is 0 Å². The molecule has 162 valence electrons. The van der Waals surface area contributed by atoms with Crippen LogP contribution in [0.1, 0.15) is 29.2 Å². The van der Waals surface area contributed by atoms with Gasteiger partial charge in [-0.3, -0.25) is 4.79 Å². The number of amides is 1. The fourth-order valence-corrected chi connectivity index (χ4v) is 3.72. The zero-order chi connectivity index (χ0) is 22.5. The molecular formula is C26H24N2O4. The third-order valence-electron chi connectivity index (χ3n) is 5.36. The Morgan fingerprint density at radius 3 is 2.44 bits per heavy atom. The number of benzene rings is 3. The Morgan fingerprint density at radius 1 is 1.00 bits per heavy atom. The monoisotopic (exact) mass is 428 g/mol. The fraction of sp³-hybridized carbons (Fsp3) is 0.154. The third-order valence-corrected chi connectivity index (χ3v) is 5.36. The van der Waals surface area contributed by atoms with E-state index in [1.165, 1.54) is 11.1 Å². The molecule has 0 saturated heterocycles. The van der Waals surface area contributed by atoms with Crippen molar-refractivity contribution in [2.45, 2.75) is 12.5 Å². The molecular weight excluding hydrogens is 404 g/mol. The number of aromatic hydroxyl groups is 1. The molecule has 1 amide bonds. The maximum absolute atomic E-state index is 13.2. The number of hydrogen-bond donors (Lipinski definition) is 1. The van der Waals surface area contributed by atoms with Crippen molar-refractivity contribution in [3.63, 3.8) is 0 Å². The molecule has 0 bridgehead atoms. The van der Waals surface area contributed by atoms with Crippen LogP contribution < -0.4 is 9.47 Å². The largest absolute Gasteiger partial charge is 0.507 e. The molecule has 3 aromatic carbocycles. The van der Waals surface area contributed by atoms with Gasteiger partial charge in [-0.05, 0) is 41.5 Å². The molecule has 4 rings (SSSR count). The van der Waals surface area contributed by atoms with Gasteiger partial charge in [0.25, 0.3) is 5.91 Å². The Kier molecular flexibility index (Phi) is 6.22. The molecule has 1 aliphatic heterocycles. The molecule has 3 aromatic rings. The summed E-state index contributed by atoms with van der Waals surface area (Å²) in [5.41, 5.74) is 3.04. The van der Waals surface area contributed by atoms with Crippen LogP contribution in [0.5, 0.6) is 17.2 Å². The minimum absolute atomic E-state index is 0.131. The Balaban J connectivity index is 1.70. The van der Waals surface area contributed by atoms with E-state index in [-0.39, 0.29) is 17.7 Å². The van der Waals surface area contributed by atoms with Gasteiger partial charge in [0, 0.05) is 18.1 Å². The Bertz CT molecular complexity index is 1170. The van der Waals surface area contributed by atoms with Crippen molar-refractivity contribution < 1.29 is 19.4 Å². The van der Waals surface area contributed by atoms with Crippen molar-refractivity contribution in [2.24, 2.45) is 5.10 Å². The van der Waals surface area contributed by atoms with E-state index >= 15 is 0 Å². The van der Waals surface area contributed by atoms with E-state index in [0.717, 1.165) is 11.1 Å². The number of phenolic OH excluding ortho intramolecular Hbond substituents is 1. The number of carbonyl (C=O) groups excluding carboxylic acids is 1. The molecule has 0 spiro atoms. The van der Waals surface area contributed by atoms with Gasteiger partial charge in [-0.15, -0.1) is 0 Å². The molecule has 0 radical (unpaired) electrons. The van der Waals surface area contributed by atoms with Crippen molar-refractivity contribution in [3.05, 3.63) is 95.6 Å². The molecule has 32 heavy (non-hydrogen) atoms. The standard InChI is InChI=1S/C26H24N2O4/c1-31-24-14-13-19(16-25(24)32-2)22-17-21(20-10-6-7-11-23(20)29)27-28(22)26(30)15-12-18-8-4-3-5-9-18/h3-16,22,29H,17H2,1-2H3/b15-12+/t22-/m1/s1. The normalized spacial score (nSPS) is 15.6. The van der Waals surface area contributed by atoms with E-state index in [1.54, 1.807) is 38.5 Å². The van der Waals surface area contributed by atoms with Gasteiger partial charge in [0.15, 0.2) is 11.5 Å². The highest BCUT2D eigenvalue weighted by Gasteiger charge is 2.33. The number of phenols is 1. The molecule has 0 unspecified atom stereocenters. The second-order valence-electron chi connectivity index (χ2n) is 7.33. The van der Waals surface area contributed by atoms with E-state index in [0.29, 0.717) is 29.2 Å². The number of nitrogens with zero attached hydrogens (tertiary/aromatic N) is 2. The van der Waals surface area contributed by atoms with Crippen LogP contribution in [-0.4, -0.2) is 36.0 Å². The molecule has 1 atom stereocenters. The average molecular weight is 428 g/mol. The van der Waals surface area contributed by atoms with Gasteiger partial charge in [-0.2, -0.15) is 5.10 Å². The predicted octanol–water partition coefficient (Wildman–Crippen LogP) is 4.80. The Hall–Kier alpha value is -4.06. The van der Waals surface area contributed by atoms with Crippen molar-refractivity contribution in [1.82, 2.24) is 5.01 Å². The number of ether oxygens (including phenoxy) is 2. The summed E-state index contributed by atoms with van der Waals surface area (Å²) in [5, 5.41) is 16.4. The highest BCUT2D eigenvalue weighted by Crippen LogP contribution is 2.38. The van der Waals surface area contributed by atoms with Crippen molar-refractivity contribution in [3.8, 4) is 17.2 Å². The summed E-state index contributed by atoms with van der Waals surface area (Å²) in [5.74, 6) is 1.07. The zero-order valence-corrected chi connectivity index (χ0v) is 17.9. The predicted molar refractivity (Wildman–Crippen MR) is 124 cm³/mol. The van der Waals surface area contributed by atoms with Crippen LogP contribution in [0.4, 0.5) is 0 Å². The first-order valence-corrected chi connectivity index (χ1v) is 10.2. The molecule has 6 heteroatoms. The maximum atomic E-state index is 13.2. The molecule has 0 aliphatic carbocycles. The van der Waals surface area contributed by atoms with Crippen LogP contribution in [0, 0.1) is 0 Å². The first kappa shape index (κ1) is 21.2. The first-order chi connectivity index (χ1) is 15.6. The molecule has 1 N–H and O–H groups in total. The Labute approximate surface area is 187 Å². The van der Waals surface area contributed by atoms with Crippen molar-refractivity contribution in [2.75, 3.05) is 14.2 Å². The lowest BCUT2D eigenvalue weighted by Crippen LogP contribution is -2.25. The van der Waals surface area contributed by atoms with Gasteiger partial charge in [-0.1, -0.05) is 48.5 Å². The summed E-state index contributed by atoms with van der Waals surface area (Å²) in [6.07, 6.45) is 3.74. The summed E-state index contributed by atoms with van der Waals surface area (Å²) in [6, 6.07) is 21.8. The zero-order valence-electron chi connectivity index (χ0n) is 17.9. The number of rotatable bonds is 6. The highest BCUT2D eigenvalue weighted by molar-refractivity contribution is 6.06. The summed E-state index contributed by atoms with van der Waals surface area (Å²) in [6.45, 7) is 0. The molecule has 6 nitrogen and oxygen atoms in total. The quantitative estimate of drug-likeness (QED) is 0.573. The number of para-hydroxylation sites is 1. The first-order valence-electron chi connectivity index (χ1n) is 10.2. The molecule has 0 aromatic heterocycles. The van der Waals surface area contributed by atoms with Gasteiger partial charge in [0.05, 0.1) is 26.0 Å². The number of carbonyl (C=O) groups is 1. The molecule has 1 heterocycles. The van der Waals surface area contributed by atoms with Crippen molar-refractivity contribution in [1.29, 1.82) is 0 Å². The van der Waals surface area contributed by atoms with E-state index in [2.05, 4.69) is 5.10 Å². The molecule has 1 aliphatic rings. The second kappa shape index (κ2) is 9.39. The lowest BCUT2D eigenvalue weighted by Gasteiger charge is -2.21. The SMILES string of the molecule is COc1ccc([C@H]2CC(c3ccccc3O)=NN2C(=O)/C=C/c2ccccc2)cc1OC. The Morgan fingerprint density at radius 2 is 1.72 bits per heavy atom. The minimum Gasteiger partial charge on any atom is -0.507 e. The second-order valence-corrected chi connectivity index (χ2v) is 7.33. The summed E-state index contributed by atoms with van der Waals surface area (Å²) in [7, 11) is 3.16. The highest BCUT2D eigenvalue weighted by atomic mass is 16.5. The third kappa shape index (κ3) is 4.34. The lowest BCUT2D eigenvalue weighted by atomic mass is 9.97. The van der Waals surface area contributed by atoms with Crippen molar-refractivity contribution >= 4 is 17.7 Å². The van der Waals surface area contributed by atoms with E-state index in [4.69, 9.17) is 9.47 Å². The maximum Gasteiger partial charge on any atom is 0.267 e. The van der Waals surface area contributed by atoms with Crippen LogP contribution in [0.2, 0.25) is 0 Å².